The molecule has 0 saturated carbocycles. The minimum Gasteiger partial charge on any atom is -0.481 e. The number of carbonyl (C=O) groups is 1. The summed E-state index contributed by atoms with van der Waals surface area (Å²) in [5, 5.41) is 8.34. The summed E-state index contributed by atoms with van der Waals surface area (Å²) >= 11 is 2.83. The van der Waals surface area contributed by atoms with Gasteiger partial charge in [0.05, 0.1) is 23.9 Å². The molecule has 0 aliphatic rings. The van der Waals surface area contributed by atoms with Crippen molar-refractivity contribution >= 4 is 21.9 Å². The van der Waals surface area contributed by atoms with Gasteiger partial charge in [-0.2, -0.15) is 0 Å². The van der Waals surface area contributed by atoms with Crippen LogP contribution in [0.3, 0.4) is 0 Å². The van der Waals surface area contributed by atoms with Gasteiger partial charge in [-0.3, -0.25) is 9.78 Å². The normalized spacial score (nSPS) is 11.8. The first-order valence-corrected chi connectivity index (χ1v) is 6.10. The van der Waals surface area contributed by atoms with E-state index < -0.39 is 36.5 Å². The first-order valence-electron chi connectivity index (χ1n) is 4.98. The Kier molecular flexibility index (Phi) is 5.26. The Bertz CT molecular complexity index is 506. The molecule has 0 amide bonds. The zero-order valence-corrected chi connectivity index (χ0v) is 11.1. The largest absolute Gasteiger partial charge is 0.573 e. The number of halogens is 6. The highest BCUT2D eigenvalue weighted by Crippen LogP contribution is 2.37. The number of aromatic nitrogens is 1. The summed E-state index contributed by atoms with van der Waals surface area (Å²) in [6.07, 6.45) is -8.66. The zero-order valence-electron chi connectivity index (χ0n) is 9.55. The summed E-state index contributed by atoms with van der Waals surface area (Å²) in [4.78, 5) is 14.0. The predicted molar refractivity (Wildman–Crippen MR) is 59.8 cm³/mol. The second kappa shape index (κ2) is 6.33. The monoisotopic (exact) mass is 363 g/mol. The van der Waals surface area contributed by atoms with Gasteiger partial charge >= 0.3 is 12.3 Å². The molecule has 20 heavy (non-hydrogen) atoms. The van der Waals surface area contributed by atoms with E-state index in [1.54, 1.807) is 0 Å². The van der Waals surface area contributed by atoms with E-state index in [0.717, 1.165) is 0 Å². The first-order chi connectivity index (χ1) is 9.15. The maximum atomic E-state index is 12.9. The van der Waals surface area contributed by atoms with E-state index in [2.05, 4.69) is 25.7 Å². The van der Waals surface area contributed by atoms with Crippen molar-refractivity contribution < 1.29 is 36.6 Å². The fourth-order valence-electron chi connectivity index (χ4n) is 1.48. The molecule has 0 aromatic carbocycles. The summed E-state index contributed by atoms with van der Waals surface area (Å²) in [5.41, 5.74) is -1.60. The third-order valence-electron chi connectivity index (χ3n) is 2.17. The topological polar surface area (TPSA) is 59.4 Å². The molecule has 0 aliphatic carbocycles. The predicted octanol–water partition coefficient (Wildman–Crippen LogP) is 3.44. The molecule has 4 nitrogen and oxygen atoms in total. The van der Waals surface area contributed by atoms with Gasteiger partial charge in [0.15, 0.2) is 5.75 Å². The van der Waals surface area contributed by atoms with Crippen LogP contribution in [0.25, 0.3) is 0 Å². The van der Waals surface area contributed by atoms with Gasteiger partial charge in [0.2, 0.25) is 0 Å². The number of carboxylic acid groups (broad SMARTS) is 1. The van der Waals surface area contributed by atoms with Crippen LogP contribution in [0.5, 0.6) is 5.75 Å². The number of rotatable bonds is 5. The Morgan fingerprint density at radius 2 is 2.05 bits per heavy atom. The van der Waals surface area contributed by atoms with Gasteiger partial charge in [-0.05, 0) is 5.56 Å². The van der Waals surface area contributed by atoms with Crippen molar-refractivity contribution in [2.75, 3.05) is 0 Å². The molecule has 0 unspecified atom stereocenters. The van der Waals surface area contributed by atoms with Crippen LogP contribution in [0.15, 0.2) is 6.20 Å². The average Bonchev–Trinajstić information content (AvgIpc) is 2.27. The van der Waals surface area contributed by atoms with Crippen LogP contribution in [0.4, 0.5) is 22.0 Å². The molecule has 1 N–H and O–H groups in total. The van der Waals surface area contributed by atoms with Crippen LogP contribution in [-0.2, 0) is 16.5 Å². The lowest BCUT2D eigenvalue weighted by atomic mass is 10.1. The lowest BCUT2D eigenvalue weighted by Gasteiger charge is -2.17. The van der Waals surface area contributed by atoms with Crippen molar-refractivity contribution in [3.8, 4) is 5.75 Å². The van der Waals surface area contributed by atoms with E-state index in [0.29, 0.717) is 6.20 Å². The Labute approximate surface area is 117 Å². The van der Waals surface area contributed by atoms with Crippen molar-refractivity contribution in [3.63, 3.8) is 0 Å². The number of hydrogen-bond donors (Lipinski definition) is 1. The van der Waals surface area contributed by atoms with E-state index in [1.165, 1.54) is 0 Å². The standard InChI is InChI=1S/C10H7BrF5NO3/c11-2-4-5(1-7(18)19)17-3-6(8(4)9(12)13)20-10(14,15)16/h3,9H,1-2H2,(H,18,19). The maximum Gasteiger partial charge on any atom is 0.573 e. The number of hydrogen-bond acceptors (Lipinski definition) is 3. The minimum atomic E-state index is -5.15. The van der Waals surface area contributed by atoms with Crippen molar-refractivity contribution in [2.45, 2.75) is 24.5 Å². The van der Waals surface area contributed by atoms with Crippen molar-refractivity contribution in [1.29, 1.82) is 0 Å². The fourth-order valence-corrected chi connectivity index (χ4v) is 2.10. The number of pyridine rings is 1. The highest BCUT2D eigenvalue weighted by molar-refractivity contribution is 9.08. The van der Waals surface area contributed by atoms with Gasteiger partial charge in [-0.15, -0.1) is 13.2 Å². The van der Waals surface area contributed by atoms with Crippen LogP contribution < -0.4 is 4.74 Å². The number of carboxylic acids is 1. The molecule has 0 saturated heterocycles. The summed E-state index contributed by atoms with van der Waals surface area (Å²) in [6, 6.07) is 0. The Morgan fingerprint density at radius 1 is 1.45 bits per heavy atom. The van der Waals surface area contributed by atoms with E-state index in [-0.39, 0.29) is 16.6 Å². The van der Waals surface area contributed by atoms with Crippen molar-refractivity contribution in [2.24, 2.45) is 0 Å². The number of ether oxygens (including phenoxy) is 1. The Morgan fingerprint density at radius 3 is 2.45 bits per heavy atom. The zero-order chi connectivity index (χ0) is 15.5. The molecule has 1 aromatic rings. The molecule has 0 spiro atoms. The van der Waals surface area contributed by atoms with Gasteiger partial charge in [0.25, 0.3) is 6.43 Å². The molecular weight excluding hydrogens is 357 g/mol. The summed E-state index contributed by atoms with van der Waals surface area (Å²) in [5.74, 6) is -2.49. The van der Waals surface area contributed by atoms with E-state index >= 15 is 0 Å². The molecule has 1 aromatic heterocycles. The lowest BCUT2D eigenvalue weighted by Crippen LogP contribution is -2.20. The molecule has 0 radical (unpaired) electrons. The van der Waals surface area contributed by atoms with E-state index in [4.69, 9.17) is 5.11 Å². The summed E-state index contributed by atoms with van der Waals surface area (Å²) in [7, 11) is 0. The minimum absolute atomic E-state index is 0.251. The van der Waals surface area contributed by atoms with Gasteiger partial charge < -0.3 is 9.84 Å². The molecule has 0 aliphatic heterocycles. The first kappa shape index (κ1) is 16.6. The maximum absolute atomic E-state index is 12.9. The molecule has 10 heteroatoms. The number of nitrogens with zero attached hydrogens (tertiary/aromatic N) is 1. The summed E-state index contributed by atoms with van der Waals surface area (Å²) in [6.45, 7) is 0. The molecule has 0 bridgehead atoms. The van der Waals surface area contributed by atoms with Gasteiger partial charge in [-0.1, -0.05) is 15.9 Å². The molecule has 0 fully saturated rings. The Balaban J connectivity index is 3.37. The lowest BCUT2D eigenvalue weighted by molar-refractivity contribution is -0.275. The van der Waals surface area contributed by atoms with Crippen LogP contribution in [0, 0.1) is 0 Å². The smallest absolute Gasteiger partial charge is 0.481 e. The molecule has 112 valence electrons. The highest BCUT2D eigenvalue weighted by atomic mass is 79.9. The van der Waals surface area contributed by atoms with Crippen molar-refractivity contribution in [1.82, 2.24) is 4.98 Å². The van der Waals surface area contributed by atoms with Gasteiger partial charge in [0, 0.05) is 5.33 Å². The van der Waals surface area contributed by atoms with Gasteiger partial charge in [0.1, 0.15) is 0 Å². The van der Waals surface area contributed by atoms with E-state index in [9.17, 15) is 26.7 Å². The van der Waals surface area contributed by atoms with Crippen LogP contribution in [0.2, 0.25) is 0 Å². The molecule has 0 atom stereocenters. The molecule has 1 heterocycles. The second-order valence-electron chi connectivity index (χ2n) is 3.51. The van der Waals surface area contributed by atoms with E-state index in [1.807, 2.05) is 0 Å². The SMILES string of the molecule is O=C(O)Cc1ncc(OC(F)(F)F)c(C(F)F)c1CBr. The quantitative estimate of drug-likeness (QED) is 0.643. The van der Waals surface area contributed by atoms with Crippen LogP contribution in [0.1, 0.15) is 23.2 Å². The van der Waals surface area contributed by atoms with Crippen LogP contribution in [-0.4, -0.2) is 22.4 Å². The summed E-state index contributed by atoms with van der Waals surface area (Å²) < 4.78 is 65.7. The molecular formula is C10H7BrF5NO3. The third-order valence-corrected chi connectivity index (χ3v) is 2.73. The number of aliphatic carboxylic acids is 1. The Hall–Kier alpha value is -1.45. The second-order valence-corrected chi connectivity index (χ2v) is 4.07. The number of alkyl halides is 6. The third kappa shape index (κ3) is 4.29. The van der Waals surface area contributed by atoms with Crippen molar-refractivity contribution in [3.05, 3.63) is 23.0 Å². The fraction of sp³-hybridized carbons (Fsp3) is 0.400. The van der Waals surface area contributed by atoms with Gasteiger partial charge in [-0.25, -0.2) is 8.78 Å². The average molecular weight is 364 g/mol. The highest BCUT2D eigenvalue weighted by Gasteiger charge is 2.35. The van der Waals surface area contributed by atoms with Crippen LogP contribution >= 0.6 is 15.9 Å². The molecule has 1 rings (SSSR count).